The molecule has 202 valence electrons. The highest BCUT2D eigenvalue weighted by atomic mass is 32.1. The quantitative estimate of drug-likeness (QED) is 0.288. The lowest BCUT2D eigenvalue weighted by Crippen LogP contribution is -2.66. The highest BCUT2D eigenvalue weighted by molar-refractivity contribution is 7.28. The van der Waals surface area contributed by atoms with E-state index in [0.717, 1.165) is 82.0 Å². The molecule has 4 heterocycles. The van der Waals surface area contributed by atoms with E-state index < -0.39 is 5.82 Å². The monoisotopic (exact) mass is 562 g/mol. The molecular weight excluding hydrogens is 530 g/mol. The number of nitrogens with zero attached hydrogens (tertiary/aromatic N) is 4. The number of anilines is 1. The third kappa shape index (κ3) is 4.08. The fraction of sp³-hybridized carbons (Fsp3) is 0.414. The number of amidine groups is 1. The normalized spacial score (nSPS) is 19.8. The topological polar surface area (TPSA) is 114 Å². The molecule has 2 fully saturated rings. The molecule has 3 aliphatic rings. The molecule has 1 spiro atoms. The van der Waals surface area contributed by atoms with Crippen molar-refractivity contribution < 1.29 is 9.13 Å². The predicted molar refractivity (Wildman–Crippen MR) is 159 cm³/mol. The summed E-state index contributed by atoms with van der Waals surface area (Å²) in [6.07, 6.45) is 6.25. The van der Waals surface area contributed by atoms with E-state index in [1.807, 2.05) is 6.20 Å². The SMILES string of the molecule is CCC(C)=c1c(P)c(-c2ncc(F)c3sc(N)c(C#N)c23)c2c(/c1=C/N=C(C)N1CC3(CC(N)C3)C1)COC2. The molecule has 2 aliphatic heterocycles. The second kappa shape index (κ2) is 9.64. The number of nitrogen functional groups attached to an aromatic ring is 1. The van der Waals surface area contributed by atoms with Gasteiger partial charge in [0.15, 0.2) is 5.82 Å². The van der Waals surface area contributed by atoms with Gasteiger partial charge >= 0.3 is 0 Å². The number of benzene rings is 1. The zero-order valence-corrected chi connectivity index (χ0v) is 24.4. The molecule has 4 N–H and O–H groups in total. The first-order chi connectivity index (χ1) is 18.7. The van der Waals surface area contributed by atoms with Crippen LogP contribution < -0.4 is 27.2 Å². The maximum Gasteiger partial charge on any atom is 0.159 e. The number of likely N-dealkylation sites (tertiary alicyclic amines) is 1. The van der Waals surface area contributed by atoms with Crippen molar-refractivity contribution in [2.45, 2.75) is 59.3 Å². The Bertz CT molecular complexity index is 1730. The van der Waals surface area contributed by atoms with Crippen molar-refractivity contribution in [3.8, 4) is 17.3 Å². The summed E-state index contributed by atoms with van der Waals surface area (Å²) in [5.74, 6) is 0.519. The van der Waals surface area contributed by atoms with Crippen LogP contribution in [0.3, 0.4) is 0 Å². The molecule has 0 radical (unpaired) electrons. The van der Waals surface area contributed by atoms with E-state index in [0.29, 0.717) is 45.5 Å². The van der Waals surface area contributed by atoms with E-state index in [9.17, 15) is 9.65 Å². The number of pyridine rings is 1. The van der Waals surface area contributed by atoms with Gasteiger partial charge in [-0.3, -0.25) is 4.98 Å². The number of aromatic nitrogens is 1. The second-order valence-corrected chi connectivity index (χ2v) is 12.7. The first kappa shape index (κ1) is 26.3. The van der Waals surface area contributed by atoms with Crippen molar-refractivity contribution in [1.82, 2.24) is 9.88 Å². The smallest absolute Gasteiger partial charge is 0.159 e. The summed E-state index contributed by atoms with van der Waals surface area (Å²) in [6, 6.07) is 2.52. The van der Waals surface area contributed by atoms with Gasteiger partial charge in [-0.1, -0.05) is 12.5 Å². The van der Waals surface area contributed by atoms with Gasteiger partial charge in [0, 0.05) is 46.9 Å². The maximum atomic E-state index is 14.8. The Balaban J connectivity index is 1.56. The van der Waals surface area contributed by atoms with E-state index in [4.69, 9.17) is 21.2 Å². The molecule has 3 aromatic rings. The molecule has 39 heavy (non-hydrogen) atoms. The van der Waals surface area contributed by atoms with E-state index >= 15 is 0 Å². The maximum absolute atomic E-state index is 14.8. The van der Waals surface area contributed by atoms with Crippen LogP contribution in [-0.4, -0.2) is 34.9 Å². The number of hydrogen-bond acceptors (Lipinski definition) is 7. The summed E-state index contributed by atoms with van der Waals surface area (Å²) in [6.45, 7) is 9.20. The van der Waals surface area contributed by atoms with Crippen LogP contribution in [0.2, 0.25) is 0 Å². The third-order valence-corrected chi connectivity index (χ3v) is 10.2. The predicted octanol–water partition coefficient (Wildman–Crippen LogP) is 3.25. The Hall–Kier alpha value is -2.89. The van der Waals surface area contributed by atoms with Gasteiger partial charge in [-0.15, -0.1) is 20.6 Å². The number of nitriles is 1. The van der Waals surface area contributed by atoms with Crippen LogP contribution in [0.1, 0.15) is 56.7 Å². The lowest BCUT2D eigenvalue weighted by Gasteiger charge is -2.59. The molecule has 1 aliphatic carbocycles. The summed E-state index contributed by atoms with van der Waals surface area (Å²) < 4.78 is 21.1. The fourth-order valence-electron chi connectivity index (χ4n) is 6.46. The Morgan fingerprint density at radius 2 is 2.08 bits per heavy atom. The molecule has 1 atom stereocenters. The van der Waals surface area contributed by atoms with Gasteiger partial charge in [-0.2, -0.15) is 5.26 Å². The summed E-state index contributed by atoms with van der Waals surface area (Å²) >= 11 is 1.08. The molecule has 7 nitrogen and oxygen atoms in total. The molecule has 0 amide bonds. The number of rotatable bonds is 3. The molecule has 10 heteroatoms. The Morgan fingerprint density at radius 1 is 1.36 bits per heavy atom. The van der Waals surface area contributed by atoms with Crippen molar-refractivity contribution in [3.63, 3.8) is 0 Å². The van der Waals surface area contributed by atoms with Crippen LogP contribution in [0.25, 0.3) is 33.1 Å². The van der Waals surface area contributed by atoms with Gasteiger partial charge in [0.1, 0.15) is 16.9 Å². The average Bonchev–Trinajstić information content (AvgIpc) is 3.48. The minimum Gasteiger partial charge on any atom is -0.389 e. The van der Waals surface area contributed by atoms with Crippen molar-refractivity contribution in [2.75, 3.05) is 18.8 Å². The van der Waals surface area contributed by atoms with E-state index in [2.05, 4.69) is 46.0 Å². The summed E-state index contributed by atoms with van der Waals surface area (Å²) in [5, 5.41) is 13.7. The van der Waals surface area contributed by atoms with Crippen molar-refractivity contribution in [2.24, 2.45) is 16.1 Å². The van der Waals surface area contributed by atoms with Gasteiger partial charge < -0.3 is 21.1 Å². The van der Waals surface area contributed by atoms with Crippen LogP contribution in [0, 0.1) is 22.6 Å². The van der Waals surface area contributed by atoms with Crippen molar-refractivity contribution >= 4 is 58.6 Å². The highest BCUT2D eigenvalue weighted by Gasteiger charge is 2.51. The largest absolute Gasteiger partial charge is 0.389 e. The van der Waals surface area contributed by atoms with Crippen LogP contribution >= 0.6 is 20.6 Å². The number of ether oxygens (including phenoxy) is 1. The summed E-state index contributed by atoms with van der Waals surface area (Å²) in [7, 11) is 2.89. The zero-order valence-electron chi connectivity index (χ0n) is 22.4. The van der Waals surface area contributed by atoms with Crippen LogP contribution in [0.15, 0.2) is 11.2 Å². The minimum absolute atomic E-state index is 0.266. The van der Waals surface area contributed by atoms with Gasteiger partial charge in [-0.25, -0.2) is 9.38 Å². The van der Waals surface area contributed by atoms with Crippen molar-refractivity contribution in [1.29, 1.82) is 5.26 Å². The molecule has 6 rings (SSSR count). The van der Waals surface area contributed by atoms with E-state index in [-0.39, 0.29) is 5.56 Å². The number of hydrogen-bond donors (Lipinski definition) is 2. The first-order valence-corrected chi connectivity index (χ1v) is 14.6. The van der Waals surface area contributed by atoms with Crippen molar-refractivity contribution in [3.05, 3.63) is 39.1 Å². The molecule has 0 bridgehead atoms. The number of fused-ring (bicyclic) bond motifs is 2. The average molecular weight is 563 g/mol. The Morgan fingerprint density at radius 3 is 2.74 bits per heavy atom. The number of thiophene rings is 1. The Labute approximate surface area is 233 Å². The van der Waals surface area contributed by atoms with Crippen LogP contribution in [0.4, 0.5) is 9.39 Å². The standard InChI is InChI=1S/C29H32FN6OPS/c1-4-14(2)22-18(8-34-15(3)36-12-29(13-36)5-16(32)6-29)19-10-37-11-20(19)23(26(22)38)25-24-17(7-31)28(33)39-27(24)21(30)9-35-25/h8-9,16H,4-6,10-13,32-33,38H2,1-3H3/b18-8-,22-14?,34-15?. The lowest BCUT2D eigenvalue weighted by atomic mass is 9.61. The lowest BCUT2D eigenvalue weighted by molar-refractivity contribution is -0.0314. The molecular formula is C29H32FN6OPS. The molecule has 1 unspecified atom stereocenters. The van der Waals surface area contributed by atoms with Gasteiger partial charge in [0.25, 0.3) is 0 Å². The molecule has 2 aromatic heterocycles. The third-order valence-electron chi connectivity index (χ3n) is 8.57. The second-order valence-electron chi connectivity index (χ2n) is 11.1. The zero-order chi connectivity index (χ0) is 27.6. The Kier molecular flexibility index (Phi) is 6.51. The summed E-state index contributed by atoms with van der Waals surface area (Å²) in [5.41, 5.74) is 17.5. The first-order valence-electron chi connectivity index (χ1n) is 13.2. The number of aliphatic imine (C=N–C) groups is 1. The van der Waals surface area contributed by atoms with Crippen LogP contribution in [0.5, 0.6) is 0 Å². The van der Waals surface area contributed by atoms with Gasteiger partial charge in [0.05, 0.1) is 35.4 Å². The van der Waals surface area contributed by atoms with E-state index in [1.54, 1.807) is 0 Å². The summed E-state index contributed by atoms with van der Waals surface area (Å²) in [4.78, 5) is 11.8. The van der Waals surface area contributed by atoms with Gasteiger partial charge in [-0.05, 0) is 54.8 Å². The molecule has 1 saturated heterocycles. The van der Waals surface area contributed by atoms with Gasteiger partial charge in [0.2, 0.25) is 0 Å². The molecule has 1 saturated carbocycles. The van der Waals surface area contributed by atoms with Crippen LogP contribution in [-0.2, 0) is 18.0 Å². The van der Waals surface area contributed by atoms with E-state index in [1.165, 1.54) is 11.8 Å². The number of halogens is 1. The highest BCUT2D eigenvalue weighted by Crippen LogP contribution is 2.47. The number of nitrogens with two attached hydrogens (primary N) is 2. The fourth-order valence-corrected chi connectivity index (χ4v) is 8.09. The minimum atomic E-state index is -0.479. The molecule has 1 aromatic carbocycles.